The lowest BCUT2D eigenvalue weighted by atomic mass is 9.74. The van der Waals surface area contributed by atoms with Gasteiger partial charge in [0.05, 0.1) is 0 Å². The summed E-state index contributed by atoms with van der Waals surface area (Å²) in [6, 6.07) is -0.151. The molecule has 2 heterocycles. The van der Waals surface area contributed by atoms with Gasteiger partial charge in [0.2, 0.25) is 5.91 Å². The number of likely N-dealkylation sites (tertiary alicyclic amines) is 1. The van der Waals surface area contributed by atoms with Gasteiger partial charge in [0.1, 0.15) is 6.54 Å². The van der Waals surface area contributed by atoms with Crippen molar-refractivity contribution in [1.29, 1.82) is 0 Å². The molecule has 120 valence electrons. The molecule has 0 aromatic heterocycles. The predicted octanol–water partition coefficient (Wildman–Crippen LogP) is 2.03. The van der Waals surface area contributed by atoms with Gasteiger partial charge in [0, 0.05) is 20.1 Å². The van der Waals surface area contributed by atoms with E-state index in [4.69, 9.17) is 0 Å². The van der Waals surface area contributed by atoms with Gasteiger partial charge in [0.15, 0.2) is 0 Å². The number of carbonyl (C=O) groups is 2. The van der Waals surface area contributed by atoms with Crippen molar-refractivity contribution in [2.45, 2.75) is 40.0 Å². The molecule has 0 spiro atoms. The summed E-state index contributed by atoms with van der Waals surface area (Å²) in [6.45, 7) is 10.7. The van der Waals surface area contributed by atoms with Crippen LogP contribution >= 0.6 is 0 Å². The summed E-state index contributed by atoms with van der Waals surface area (Å²) < 4.78 is 0. The lowest BCUT2D eigenvalue weighted by Gasteiger charge is -2.40. The van der Waals surface area contributed by atoms with Crippen LogP contribution < -0.4 is 0 Å². The molecular weight excluding hydrogens is 266 g/mol. The number of imide groups is 1. The predicted molar refractivity (Wildman–Crippen MR) is 83.0 cm³/mol. The highest BCUT2D eigenvalue weighted by molar-refractivity contribution is 6.01. The van der Waals surface area contributed by atoms with Crippen molar-refractivity contribution in [3.63, 3.8) is 0 Å². The number of rotatable bonds is 5. The molecule has 0 bridgehead atoms. The van der Waals surface area contributed by atoms with Crippen molar-refractivity contribution in [2.24, 2.45) is 11.3 Å². The molecule has 2 fully saturated rings. The number of carbonyl (C=O) groups excluding carboxylic acids is 2. The van der Waals surface area contributed by atoms with Gasteiger partial charge in [-0.3, -0.25) is 9.69 Å². The monoisotopic (exact) mass is 295 g/mol. The lowest BCUT2D eigenvalue weighted by Crippen LogP contribution is -2.44. The van der Waals surface area contributed by atoms with Gasteiger partial charge in [0.25, 0.3) is 0 Å². The second kappa shape index (κ2) is 6.34. The summed E-state index contributed by atoms with van der Waals surface area (Å²) in [5.41, 5.74) is 0.462. The van der Waals surface area contributed by atoms with Gasteiger partial charge < -0.3 is 9.80 Å². The molecule has 0 atom stereocenters. The summed E-state index contributed by atoms with van der Waals surface area (Å²) >= 11 is 0. The molecule has 5 nitrogen and oxygen atoms in total. The standard InChI is InChI=1S/C16H29N3O2/c1-13(2)11-16(3)5-7-18(8-6-16)9-10-19-14(20)12-17(4)15(19)21/h13H,5-12H2,1-4H3. The zero-order chi connectivity index (χ0) is 15.6. The summed E-state index contributed by atoms with van der Waals surface area (Å²) in [4.78, 5) is 28.8. The highest BCUT2D eigenvalue weighted by atomic mass is 16.2. The molecule has 0 saturated carbocycles. The zero-order valence-electron chi connectivity index (χ0n) is 13.9. The molecule has 0 aromatic carbocycles. The van der Waals surface area contributed by atoms with Crippen LogP contribution in [0.5, 0.6) is 0 Å². The molecule has 3 amide bonds. The van der Waals surface area contributed by atoms with Gasteiger partial charge in [-0.05, 0) is 43.7 Å². The number of hydrogen-bond donors (Lipinski definition) is 0. The number of nitrogens with zero attached hydrogens (tertiary/aromatic N) is 3. The van der Waals surface area contributed by atoms with E-state index in [-0.39, 0.29) is 18.5 Å². The van der Waals surface area contributed by atoms with Crippen LogP contribution in [0.2, 0.25) is 0 Å². The fourth-order valence-electron chi connectivity index (χ4n) is 3.64. The molecular formula is C16H29N3O2. The first kappa shape index (κ1) is 16.3. The van der Waals surface area contributed by atoms with Crippen LogP contribution in [0.25, 0.3) is 0 Å². The van der Waals surface area contributed by atoms with Gasteiger partial charge in [-0.15, -0.1) is 0 Å². The molecule has 0 aromatic rings. The van der Waals surface area contributed by atoms with E-state index in [1.54, 1.807) is 7.05 Å². The van der Waals surface area contributed by atoms with Crippen molar-refractivity contribution in [3.05, 3.63) is 0 Å². The third-order valence-electron chi connectivity index (χ3n) is 4.83. The Hall–Kier alpha value is -1.10. The first-order chi connectivity index (χ1) is 9.81. The maximum atomic E-state index is 11.8. The minimum absolute atomic E-state index is 0.0656. The molecule has 2 saturated heterocycles. The van der Waals surface area contributed by atoms with Gasteiger partial charge in [-0.1, -0.05) is 20.8 Å². The van der Waals surface area contributed by atoms with E-state index in [2.05, 4.69) is 25.7 Å². The van der Waals surface area contributed by atoms with Crippen LogP contribution in [0.4, 0.5) is 4.79 Å². The molecule has 2 aliphatic rings. The third-order valence-corrected chi connectivity index (χ3v) is 4.83. The van der Waals surface area contributed by atoms with Crippen molar-refractivity contribution in [1.82, 2.24) is 14.7 Å². The smallest absolute Gasteiger partial charge is 0.318 e. The Balaban J connectivity index is 1.77. The van der Waals surface area contributed by atoms with Crippen molar-refractivity contribution < 1.29 is 9.59 Å². The van der Waals surface area contributed by atoms with Crippen LogP contribution in [0.15, 0.2) is 0 Å². The second-order valence-corrected chi connectivity index (χ2v) is 7.43. The van der Waals surface area contributed by atoms with E-state index in [0.29, 0.717) is 12.0 Å². The van der Waals surface area contributed by atoms with Gasteiger partial charge in [-0.2, -0.15) is 0 Å². The summed E-state index contributed by atoms with van der Waals surface area (Å²) in [6.07, 6.45) is 3.72. The molecule has 21 heavy (non-hydrogen) atoms. The topological polar surface area (TPSA) is 43.9 Å². The Bertz CT molecular complexity index is 400. The Morgan fingerprint density at radius 2 is 1.76 bits per heavy atom. The summed E-state index contributed by atoms with van der Waals surface area (Å²) in [5, 5.41) is 0. The number of urea groups is 1. The van der Waals surface area contributed by atoms with E-state index >= 15 is 0 Å². The van der Waals surface area contributed by atoms with Crippen LogP contribution in [0.1, 0.15) is 40.0 Å². The Morgan fingerprint density at radius 3 is 2.24 bits per heavy atom. The van der Waals surface area contributed by atoms with E-state index in [1.165, 1.54) is 29.1 Å². The molecule has 0 N–H and O–H groups in total. The van der Waals surface area contributed by atoms with Gasteiger partial charge in [-0.25, -0.2) is 4.79 Å². The molecule has 2 aliphatic heterocycles. The van der Waals surface area contributed by atoms with E-state index in [1.807, 2.05) is 0 Å². The quantitative estimate of drug-likeness (QED) is 0.729. The second-order valence-electron chi connectivity index (χ2n) is 7.43. The molecule has 0 unspecified atom stereocenters. The minimum atomic E-state index is -0.151. The van der Waals surface area contributed by atoms with Crippen molar-refractivity contribution >= 4 is 11.9 Å². The SMILES string of the molecule is CC(C)CC1(C)CCN(CCN2C(=O)CN(C)C2=O)CC1. The molecule has 2 rings (SSSR count). The average molecular weight is 295 g/mol. The fourth-order valence-corrected chi connectivity index (χ4v) is 3.64. The number of hydrogen-bond acceptors (Lipinski definition) is 3. The Kier molecular flexibility index (Phi) is 4.91. The number of likely N-dealkylation sites (N-methyl/N-ethyl adjacent to an activating group) is 1. The zero-order valence-corrected chi connectivity index (χ0v) is 13.9. The molecule has 0 radical (unpaired) electrons. The largest absolute Gasteiger partial charge is 0.327 e. The number of amides is 3. The van der Waals surface area contributed by atoms with Crippen molar-refractivity contribution in [2.75, 3.05) is 39.8 Å². The molecule has 0 aliphatic carbocycles. The maximum Gasteiger partial charge on any atom is 0.327 e. The first-order valence-corrected chi connectivity index (χ1v) is 8.08. The van der Waals surface area contributed by atoms with E-state index in [0.717, 1.165) is 25.6 Å². The van der Waals surface area contributed by atoms with Gasteiger partial charge >= 0.3 is 6.03 Å². The fraction of sp³-hybridized carbons (Fsp3) is 0.875. The van der Waals surface area contributed by atoms with Crippen LogP contribution in [-0.4, -0.2) is 66.4 Å². The maximum absolute atomic E-state index is 11.8. The summed E-state index contributed by atoms with van der Waals surface area (Å²) in [7, 11) is 1.68. The Morgan fingerprint density at radius 1 is 1.14 bits per heavy atom. The van der Waals surface area contributed by atoms with Crippen LogP contribution in [-0.2, 0) is 4.79 Å². The minimum Gasteiger partial charge on any atom is -0.318 e. The Labute approximate surface area is 128 Å². The highest BCUT2D eigenvalue weighted by Crippen LogP contribution is 2.36. The molecule has 5 heteroatoms. The third kappa shape index (κ3) is 3.96. The van der Waals surface area contributed by atoms with E-state index < -0.39 is 0 Å². The summed E-state index contributed by atoms with van der Waals surface area (Å²) in [5.74, 6) is 0.682. The number of piperidine rings is 1. The van der Waals surface area contributed by atoms with Crippen molar-refractivity contribution in [3.8, 4) is 0 Å². The van der Waals surface area contributed by atoms with Crippen LogP contribution in [0, 0.1) is 11.3 Å². The lowest BCUT2D eigenvalue weighted by molar-refractivity contribution is -0.125. The first-order valence-electron chi connectivity index (χ1n) is 8.08. The highest BCUT2D eigenvalue weighted by Gasteiger charge is 2.34. The normalized spacial score (nSPS) is 23.5. The van der Waals surface area contributed by atoms with E-state index in [9.17, 15) is 9.59 Å². The average Bonchev–Trinajstić information content (AvgIpc) is 2.62. The van der Waals surface area contributed by atoms with Crippen LogP contribution in [0.3, 0.4) is 0 Å².